The Labute approximate surface area is 160 Å². The number of nitrogens with one attached hydrogen (secondary N) is 1. The Hall–Kier alpha value is -2.76. The topological polar surface area (TPSA) is 84.4 Å². The summed E-state index contributed by atoms with van der Waals surface area (Å²) in [6.45, 7) is -3.02. The number of halogens is 4. The van der Waals surface area contributed by atoms with Crippen molar-refractivity contribution in [2.24, 2.45) is 5.92 Å². The second-order valence-electron chi connectivity index (χ2n) is 5.94. The maximum absolute atomic E-state index is 14.1. The van der Waals surface area contributed by atoms with Crippen LogP contribution in [0, 0.1) is 17.6 Å². The predicted octanol–water partition coefficient (Wildman–Crippen LogP) is 2.91. The molecule has 150 valence electrons. The van der Waals surface area contributed by atoms with Crippen LogP contribution >= 0.6 is 11.3 Å². The van der Waals surface area contributed by atoms with Crippen molar-refractivity contribution < 1.29 is 31.9 Å². The van der Waals surface area contributed by atoms with Gasteiger partial charge in [-0.25, -0.2) is 8.78 Å². The zero-order chi connectivity index (χ0) is 20.3. The van der Waals surface area contributed by atoms with Crippen molar-refractivity contribution in [2.75, 3.05) is 18.4 Å². The van der Waals surface area contributed by atoms with E-state index in [1.165, 1.54) is 21.7 Å². The van der Waals surface area contributed by atoms with Gasteiger partial charge in [-0.15, -0.1) is 10.2 Å². The molecule has 1 N–H and O–H groups in total. The number of carbonyl (C=O) groups is 2. The van der Waals surface area contributed by atoms with Crippen molar-refractivity contribution in [3.63, 3.8) is 0 Å². The van der Waals surface area contributed by atoms with Crippen LogP contribution in [-0.2, 0) is 4.79 Å². The number of rotatable bonds is 5. The number of amides is 2. The number of hydrogen-bond donors (Lipinski definition) is 1. The number of alkyl halides is 2. The van der Waals surface area contributed by atoms with E-state index in [9.17, 15) is 27.2 Å². The summed E-state index contributed by atoms with van der Waals surface area (Å²) in [4.78, 5) is 25.8. The normalized spacial score (nSPS) is 15.0. The van der Waals surface area contributed by atoms with Gasteiger partial charge in [-0.2, -0.15) is 8.78 Å². The van der Waals surface area contributed by atoms with Crippen molar-refractivity contribution in [1.82, 2.24) is 15.1 Å². The maximum Gasteiger partial charge on any atom is 0.387 e. The third-order valence-electron chi connectivity index (χ3n) is 4.20. The highest BCUT2D eigenvalue weighted by Crippen LogP contribution is 2.26. The van der Waals surface area contributed by atoms with Crippen LogP contribution in [0.15, 0.2) is 17.6 Å². The first kappa shape index (κ1) is 20.0. The summed E-state index contributed by atoms with van der Waals surface area (Å²) in [6, 6.07) is 1.06. The number of aromatic nitrogens is 2. The molecule has 0 aliphatic carbocycles. The summed E-state index contributed by atoms with van der Waals surface area (Å²) in [7, 11) is 0. The summed E-state index contributed by atoms with van der Waals surface area (Å²) in [5.74, 6) is -4.87. The van der Waals surface area contributed by atoms with Crippen molar-refractivity contribution >= 4 is 28.3 Å². The smallest absolute Gasteiger partial charge is 0.387 e. The minimum absolute atomic E-state index is 0.112. The predicted molar refractivity (Wildman–Crippen MR) is 90.2 cm³/mol. The van der Waals surface area contributed by atoms with Crippen LogP contribution < -0.4 is 10.1 Å². The molecule has 2 aromatic rings. The van der Waals surface area contributed by atoms with E-state index < -0.39 is 35.5 Å². The molecule has 12 heteroatoms. The Morgan fingerprint density at radius 3 is 2.39 bits per heavy atom. The molecule has 3 rings (SSSR count). The van der Waals surface area contributed by atoms with Gasteiger partial charge in [0.1, 0.15) is 28.5 Å². The van der Waals surface area contributed by atoms with E-state index in [1.807, 2.05) is 0 Å². The third kappa shape index (κ3) is 4.55. The van der Waals surface area contributed by atoms with E-state index in [4.69, 9.17) is 0 Å². The van der Waals surface area contributed by atoms with E-state index in [2.05, 4.69) is 20.3 Å². The molecule has 1 aliphatic heterocycles. The Balaban J connectivity index is 1.63. The van der Waals surface area contributed by atoms with Gasteiger partial charge in [0.2, 0.25) is 11.0 Å². The first-order valence-electron chi connectivity index (χ1n) is 8.15. The maximum atomic E-state index is 14.1. The second-order valence-corrected chi connectivity index (χ2v) is 6.77. The fraction of sp³-hybridized carbons (Fsp3) is 0.375. The average molecular weight is 418 g/mol. The Morgan fingerprint density at radius 1 is 1.21 bits per heavy atom. The molecule has 1 aromatic carbocycles. The highest BCUT2D eigenvalue weighted by Gasteiger charge is 2.31. The number of nitrogens with zero attached hydrogens (tertiary/aromatic N) is 3. The van der Waals surface area contributed by atoms with Gasteiger partial charge in [0.15, 0.2) is 0 Å². The number of benzene rings is 1. The van der Waals surface area contributed by atoms with Gasteiger partial charge < -0.3 is 15.0 Å². The number of ether oxygens (including phenoxy) is 1. The van der Waals surface area contributed by atoms with Crippen molar-refractivity contribution in [3.05, 3.63) is 34.8 Å². The van der Waals surface area contributed by atoms with E-state index in [0.29, 0.717) is 30.1 Å². The first-order chi connectivity index (χ1) is 13.3. The minimum Gasteiger partial charge on any atom is -0.435 e. The molecule has 28 heavy (non-hydrogen) atoms. The molecule has 1 saturated heterocycles. The Bertz CT molecular complexity index is 835. The number of hydrogen-bond acceptors (Lipinski definition) is 6. The van der Waals surface area contributed by atoms with Crippen LogP contribution in [0.3, 0.4) is 0 Å². The quantitative estimate of drug-likeness (QED) is 0.755. The van der Waals surface area contributed by atoms with E-state index in [1.54, 1.807) is 0 Å². The van der Waals surface area contributed by atoms with Gasteiger partial charge in [0, 0.05) is 31.1 Å². The van der Waals surface area contributed by atoms with Crippen LogP contribution in [0.1, 0.15) is 23.2 Å². The lowest BCUT2D eigenvalue weighted by molar-refractivity contribution is -0.121. The Kier molecular flexibility index (Phi) is 6.07. The summed E-state index contributed by atoms with van der Waals surface area (Å²) in [5.41, 5.74) is 0.621. The molecule has 2 heterocycles. The van der Waals surface area contributed by atoms with Gasteiger partial charge in [-0.05, 0) is 12.8 Å². The summed E-state index contributed by atoms with van der Waals surface area (Å²) in [5, 5.41) is 10.3. The molecule has 1 fully saturated rings. The van der Waals surface area contributed by atoms with Gasteiger partial charge >= 0.3 is 6.61 Å². The van der Waals surface area contributed by atoms with Crippen LogP contribution in [0.2, 0.25) is 0 Å². The minimum atomic E-state index is -3.24. The summed E-state index contributed by atoms with van der Waals surface area (Å²) in [6.07, 6.45) is 0.596. The number of piperidine rings is 1. The summed E-state index contributed by atoms with van der Waals surface area (Å²) < 4.78 is 56.5. The molecule has 0 unspecified atom stereocenters. The van der Waals surface area contributed by atoms with Crippen LogP contribution in [0.4, 0.5) is 22.7 Å². The highest BCUT2D eigenvalue weighted by molar-refractivity contribution is 7.13. The first-order valence-corrected chi connectivity index (χ1v) is 9.03. The monoisotopic (exact) mass is 418 g/mol. The van der Waals surface area contributed by atoms with E-state index in [0.717, 1.165) is 0 Å². The van der Waals surface area contributed by atoms with Gasteiger partial charge in [-0.1, -0.05) is 11.3 Å². The Morgan fingerprint density at radius 2 is 1.86 bits per heavy atom. The molecule has 1 aromatic heterocycles. The molecule has 0 radical (unpaired) electrons. The SMILES string of the molecule is O=C(Nc1nncs1)C1CCN(C(=O)c2c(F)cc(OC(F)F)cc2F)CC1. The summed E-state index contributed by atoms with van der Waals surface area (Å²) >= 11 is 1.17. The lowest BCUT2D eigenvalue weighted by atomic mass is 9.95. The van der Waals surface area contributed by atoms with E-state index in [-0.39, 0.29) is 24.9 Å². The van der Waals surface area contributed by atoms with Crippen LogP contribution in [0.25, 0.3) is 0 Å². The van der Waals surface area contributed by atoms with Gasteiger partial charge in [-0.3, -0.25) is 9.59 Å². The molecule has 1 aliphatic rings. The van der Waals surface area contributed by atoms with Gasteiger partial charge in [0.25, 0.3) is 5.91 Å². The number of likely N-dealkylation sites (tertiary alicyclic amines) is 1. The molecule has 0 atom stereocenters. The number of anilines is 1. The lowest BCUT2D eigenvalue weighted by Gasteiger charge is -2.31. The highest BCUT2D eigenvalue weighted by atomic mass is 32.1. The third-order valence-corrected chi connectivity index (χ3v) is 4.80. The lowest BCUT2D eigenvalue weighted by Crippen LogP contribution is -2.42. The van der Waals surface area contributed by atoms with Crippen LogP contribution in [0.5, 0.6) is 5.75 Å². The zero-order valence-corrected chi connectivity index (χ0v) is 15.0. The van der Waals surface area contributed by atoms with Crippen molar-refractivity contribution in [1.29, 1.82) is 0 Å². The van der Waals surface area contributed by atoms with Crippen molar-refractivity contribution in [2.45, 2.75) is 19.5 Å². The molecule has 7 nitrogen and oxygen atoms in total. The average Bonchev–Trinajstić information content (AvgIpc) is 3.13. The van der Waals surface area contributed by atoms with Crippen molar-refractivity contribution in [3.8, 4) is 5.75 Å². The molecular weight excluding hydrogens is 404 g/mol. The fourth-order valence-corrected chi connectivity index (χ4v) is 3.31. The molecule has 0 spiro atoms. The largest absolute Gasteiger partial charge is 0.435 e. The fourth-order valence-electron chi connectivity index (χ4n) is 2.86. The van der Waals surface area contributed by atoms with Gasteiger partial charge in [0.05, 0.1) is 0 Å². The number of carbonyl (C=O) groups excluding carboxylic acids is 2. The zero-order valence-electron chi connectivity index (χ0n) is 14.2. The second kappa shape index (κ2) is 8.50. The molecule has 0 saturated carbocycles. The molecule has 2 amide bonds. The standard InChI is InChI=1S/C16H14F4N4O3S/c17-10-5-9(27-15(19)20)6-11(18)12(10)14(26)24-3-1-8(2-4-24)13(25)22-16-23-21-7-28-16/h5-8,15H,1-4H2,(H,22,23,25). The van der Waals surface area contributed by atoms with Crippen LogP contribution in [-0.4, -0.2) is 46.6 Å². The molecular formula is C16H14F4N4O3S. The van der Waals surface area contributed by atoms with E-state index >= 15 is 0 Å². The molecule has 0 bridgehead atoms.